The molecule has 0 aromatic heterocycles. The summed E-state index contributed by atoms with van der Waals surface area (Å²) < 4.78 is 5.37. The number of allylic oxidation sites excluding steroid dienone is 2. The number of thiocarbonyl (C=S) groups is 1. The molecule has 0 saturated carbocycles. The third kappa shape index (κ3) is 1.93. The molecule has 2 aliphatic rings. The zero-order valence-electron chi connectivity index (χ0n) is 10.1. The van der Waals surface area contributed by atoms with Crippen LogP contribution in [0.2, 0.25) is 0 Å². The summed E-state index contributed by atoms with van der Waals surface area (Å²) in [6.07, 6.45) is 4.77. The Kier molecular flexibility index (Phi) is 2.91. The molecule has 2 nitrogen and oxygen atoms in total. The van der Waals surface area contributed by atoms with Crippen LogP contribution >= 0.6 is 12.2 Å². The van der Waals surface area contributed by atoms with E-state index in [0.29, 0.717) is 18.3 Å². The maximum Gasteiger partial charge on any atom is 0.311 e. The number of hydrogen-bond donors (Lipinski definition) is 0. The van der Waals surface area contributed by atoms with Gasteiger partial charge in [0.05, 0.1) is 0 Å². The van der Waals surface area contributed by atoms with Gasteiger partial charge in [-0.2, -0.15) is 0 Å². The van der Waals surface area contributed by atoms with E-state index in [2.05, 4.69) is 19.9 Å². The lowest BCUT2D eigenvalue weighted by atomic mass is 9.70. The van der Waals surface area contributed by atoms with Gasteiger partial charge in [0.25, 0.3) is 0 Å². The molecule has 88 valence electrons. The van der Waals surface area contributed by atoms with Crippen LogP contribution in [0, 0.1) is 17.3 Å². The first-order valence-electron chi connectivity index (χ1n) is 5.87. The molecular formula is C13H18O2S. The number of fused-ring (bicyclic) bond motifs is 1. The normalized spacial score (nSPS) is 38.4. The van der Waals surface area contributed by atoms with Gasteiger partial charge in [0.15, 0.2) is 0 Å². The summed E-state index contributed by atoms with van der Waals surface area (Å²) in [5, 5.41) is 0. The first-order valence-corrected chi connectivity index (χ1v) is 6.28. The minimum atomic E-state index is -0.0960. The molecule has 1 aliphatic carbocycles. The number of rotatable bonds is 1. The van der Waals surface area contributed by atoms with E-state index < -0.39 is 0 Å². The number of hydrogen-bond acceptors (Lipinski definition) is 3. The summed E-state index contributed by atoms with van der Waals surface area (Å²) in [5.74, 6) is 1.59. The van der Waals surface area contributed by atoms with Crippen LogP contribution in [-0.4, -0.2) is 10.8 Å². The lowest BCUT2D eigenvalue weighted by molar-refractivity contribution is -0.146. The Bertz CT molecular complexity index is 372. The number of esters is 1. The zero-order chi connectivity index (χ0) is 11.9. The second-order valence-corrected chi connectivity index (χ2v) is 5.93. The molecule has 3 atom stereocenters. The molecule has 2 rings (SSSR count). The summed E-state index contributed by atoms with van der Waals surface area (Å²) >= 11 is 5.30. The lowest BCUT2D eigenvalue weighted by Gasteiger charge is -2.39. The van der Waals surface area contributed by atoms with Gasteiger partial charge in [-0.05, 0) is 36.6 Å². The summed E-state index contributed by atoms with van der Waals surface area (Å²) in [4.78, 5) is 12.4. The minimum absolute atomic E-state index is 0.0709. The van der Waals surface area contributed by atoms with E-state index in [4.69, 9.17) is 17.0 Å². The van der Waals surface area contributed by atoms with Crippen molar-refractivity contribution in [3.63, 3.8) is 0 Å². The Labute approximate surface area is 102 Å². The van der Waals surface area contributed by atoms with Gasteiger partial charge in [0, 0.05) is 17.8 Å². The largest absolute Gasteiger partial charge is 0.431 e. The molecule has 3 unspecified atom stereocenters. The minimum Gasteiger partial charge on any atom is -0.431 e. The molecule has 1 aliphatic heterocycles. The topological polar surface area (TPSA) is 26.3 Å². The summed E-state index contributed by atoms with van der Waals surface area (Å²) in [7, 11) is 0. The molecule has 0 bridgehead atoms. The molecule has 0 N–H and O–H groups in total. The van der Waals surface area contributed by atoms with Crippen LogP contribution < -0.4 is 0 Å². The summed E-state index contributed by atoms with van der Waals surface area (Å²) in [6, 6.07) is 0. The number of carbonyl (C=O) groups excluding carboxylic acids is 1. The molecule has 0 aromatic carbocycles. The first kappa shape index (κ1) is 11.8. The van der Waals surface area contributed by atoms with E-state index >= 15 is 0 Å². The predicted octanol–water partition coefficient (Wildman–Crippen LogP) is 3.26. The van der Waals surface area contributed by atoms with Gasteiger partial charge in [-0.25, -0.2) is 0 Å². The van der Waals surface area contributed by atoms with E-state index in [-0.39, 0.29) is 11.4 Å². The van der Waals surface area contributed by atoms with Crippen LogP contribution in [0.15, 0.2) is 11.8 Å². The smallest absolute Gasteiger partial charge is 0.311 e. The maximum atomic E-state index is 11.4. The summed E-state index contributed by atoms with van der Waals surface area (Å²) in [6.45, 7) is 6.23. The third-order valence-corrected chi connectivity index (χ3v) is 4.48. The van der Waals surface area contributed by atoms with Crippen LogP contribution in [0.3, 0.4) is 0 Å². The van der Waals surface area contributed by atoms with Crippen molar-refractivity contribution in [1.82, 2.24) is 0 Å². The Hall–Kier alpha value is -0.700. The van der Waals surface area contributed by atoms with E-state index in [1.54, 1.807) is 0 Å². The van der Waals surface area contributed by atoms with Crippen molar-refractivity contribution >= 4 is 23.1 Å². The van der Waals surface area contributed by atoms with E-state index in [1.807, 2.05) is 6.92 Å². The molecule has 0 spiro atoms. The lowest BCUT2D eigenvalue weighted by Crippen LogP contribution is -2.35. The monoisotopic (exact) mass is 238 g/mol. The van der Waals surface area contributed by atoms with Crippen LogP contribution in [-0.2, 0) is 9.53 Å². The standard InChI is InChI=1S/C13H18O2S/c1-8-6-12(14)15-11-7-13(3,9(2)16)5-4-10(8)11/h7-8,10H,4-6H2,1-3H3. The fraction of sp³-hybridized carbons (Fsp3) is 0.692. The van der Waals surface area contributed by atoms with Crippen LogP contribution in [0.1, 0.15) is 40.0 Å². The molecular weight excluding hydrogens is 220 g/mol. The van der Waals surface area contributed by atoms with E-state index in [0.717, 1.165) is 23.5 Å². The molecule has 1 fully saturated rings. The molecule has 1 heterocycles. The molecule has 0 radical (unpaired) electrons. The Morgan fingerprint density at radius 1 is 1.62 bits per heavy atom. The van der Waals surface area contributed by atoms with Crippen molar-refractivity contribution in [2.75, 3.05) is 0 Å². The van der Waals surface area contributed by atoms with Gasteiger partial charge >= 0.3 is 5.97 Å². The van der Waals surface area contributed by atoms with Gasteiger partial charge in [-0.1, -0.05) is 26.1 Å². The Balaban J connectivity index is 2.31. The molecule has 16 heavy (non-hydrogen) atoms. The quantitative estimate of drug-likeness (QED) is 0.518. The SMILES string of the molecule is CC(=S)C1(C)C=C2OC(=O)CC(C)C2CC1. The predicted molar refractivity (Wildman–Crippen MR) is 67.1 cm³/mol. The van der Waals surface area contributed by atoms with Gasteiger partial charge in [0.1, 0.15) is 5.76 Å². The fourth-order valence-electron chi connectivity index (χ4n) is 2.62. The van der Waals surface area contributed by atoms with Gasteiger partial charge < -0.3 is 4.74 Å². The molecule has 3 heteroatoms. The average molecular weight is 238 g/mol. The van der Waals surface area contributed by atoms with Gasteiger partial charge in [0.2, 0.25) is 0 Å². The summed E-state index contributed by atoms with van der Waals surface area (Å²) in [5.41, 5.74) is -0.0709. The highest BCUT2D eigenvalue weighted by atomic mass is 32.1. The average Bonchev–Trinajstić information content (AvgIpc) is 2.16. The fourth-order valence-corrected chi connectivity index (χ4v) is 2.78. The van der Waals surface area contributed by atoms with Crippen molar-refractivity contribution < 1.29 is 9.53 Å². The van der Waals surface area contributed by atoms with Crippen LogP contribution in [0.5, 0.6) is 0 Å². The molecule has 0 aromatic rings. The van der Waals surface area contributed by atoms with Crippen LogP contribution in [0.25, 0.3) is 0 Å². The van der Waals surface area contributed by atoms with Gasteiger partial charge in [-0.15, -0.1) is 0 Å². The second-order valence-electron chi connectivity index (χ2n) is 5.32. The van der Waals surface area contributed by atoms with Gasteiger partial charge in [-0.3, -0.25) is 4.79 Å². The second kappa shape index (κ2) is 3.95. The van der Waals surface area contributed by atoms with Crippen molar-refractivity contribution in [1.29, 1.82) is 0 Å². The Morgan fingerprint density at radius 2 is 2.31 bits per heavy atom. The van der Waals surface area contributed by atoms with Crippen molar-refractivity contribution in [3.05, 3.63) is 11.8 Å². The van der Waals surface area contributed by atoms with Crippen molar-refractivity contribution in [2.45, 2.75) is 40.0 Å². The molecule has 1 saturated heterocycles. The molecule has 0 amide bonds. The first-order chi connectivity index (χ1) is 7.42. The third-order valence-electron chi connectivity index (χ3n) is 4.01. The van der Waals surface area contributed by atoms with Crippen molar-refractivity contribution in [3.8, 4) is 0 Å². The van der Waals surface area contributed by atoms with Crippen molar-refractivity contribution in [2.24, 2.45) is 17.3 Å². The highest BCUT2D eigenvalue weighted by Crippen LogP contribution is 2.44. The van der Waals surface area contributed by atoms with E-state index in [9.17, 15) is 4.79 Å². The Morgan fingerprint density at radius 3 is 2.94 bits per heavy atom. The highest BCUT2D eigenvalue weighted by Gasteiger charge is 2.39. The zero-order valence-corrected chi connectivity index (χ0v) is 10.9. The number of carbonyl (C=O) groups is 1. The van der Waals surface area contributed by atoms with E-state index in [1.165, 1.54) is 0 Å². The maximum absolute atomic E-state index is 11.4. The number of ether oxygens (including phenoxy) is 1. The highest BCUT2D eigenvalue weighted by molar-refractivity contribution is 7.80. The van der Waals surface area contributed by atoms with Crippen LogP contribution in [0.4, 0.5) is 0 Å².